The van der Waals surface area contributed by atoms with Gasteiger partial charge in [0.05, 0.1) is 5.56 Å². The molecule has 1 aliphatic heterocycles. The quantitative estimate of drug-likeness (QED) is 0.273. The molecule has 0 radical (unpaired) electrons. The molecule has 0 spiro atoms. The minimum absolute atomic E-state index is 0.0175. The van der Waals surface area contributed by atoms with E-state index in [1.165, 1.54) is 39.3 Å². The van der Waals surface area contributed by atoms with E-state index in [2.05, 4.69) is 136 Å². The number of benzene rings is 3. The van der Waals surface area contributed by atoms with Crippen molar-refractivity contribution in [3.8, 4) is 28.2 Å². The first kappa shape index (κ1) is 22.7. The highest BCUT2D eigenvalue weighted by Crippen LogP contribution is 2.50. The molecule has 0 bridgehead atoms. The zero-order valence-electron chi connectivity index (χ0n) is 21.5. The van der Waals surface area contributed by atoms with Crippen molar-refractivity contribution in [3.05, 3.63) is 96.3 Å². The van der Waals surface area contributed by atoms with Crippen LogP contribution in [0.15, 0.2) is 85.2 Å². The number of hydrogen-bond acceptors (Lipinski definition) is 0. The Labute approximate surface area is 204 Å². The first-order chi connectivity index (χ1) is 16.4. The Kier molecular flexibility index (Phi) is 5.51. The van der Waals surface area contributed by atoms with E-state index in [-0.39, 0.29) is 11.0 Å². The molecule has 1 aromatic heterocycles. The van der Waals surface area contributed by atoms with Crippen molar-refractivity contribution in [1.82, 2.24) is 4.57 Å². The highest BCUT2D eigenvalue weighted by Gasteiger charge is 2.55. The monoisotopic (exact) mass is 449 g/mol. The highest BCUT2D eigenvalue weighted by molar-refractivity contribution is 5.77. The second-order valence-corrected chi connectivity index (χ2v) is 10.5. The Morgan fingerprint density at radius 2 is 1.47 bits per heavy atom. The molecule has 0 saturated carbocycles. The van der Waals surface area contributed by atoms with Crippen LogP contribution in [0.25, 0.3) is 28.2 Å². The van der Waals surface area contributed by atoms with Gasteiger partial charge in [0.2, 0.25) is 0 Å². The average molecular weight is 450 g/mol. The summed E-state index contributed by atoms with van der Waals surface area (Å²) in [5.41, 5.74) is 8.06. The molecular formula is C32H37N2+. The number of imidazole rings is 1. The van der Waals surface area contributed by atoms with Gasteiger partial charge in [0.1, 0.15) is 23.6 Å². The predicted molar refractivity (Wildman–Crippen MR) is 143 cm³/mol. The number of para-hydroxylation sites is 1. The van der Waals surface area contributed by atoms with E-state index in [1.807, 2.05) is 0 Å². The van der Waals surface area contributed by atoms with Gasteiger partial charge in [0, 0.05) is 16.5 Å². The van der Waals surface area contributed by atoms with Gasteiger partial charge in [-0.05, 0) is 42.9 Å². The Balaban J connectivity index is 1.89. The normalized spacial score (nSPS) is 21.4. The zero-order valence-corrected chi connectivity index (χ0v) is 21.5. The molecule has 0 fully saturated rings. The van der Waals surface area contributed by atoms with E-state index in [0.717, 1.165) is 12.8 Å². The smallest absolute Gasteiger partial charge is 0.224 e. The first-order valence-corrected chi connectivity index (χ1v) is 12.8. The van der Waals surface area contributed by atoms with Crippen LogP contribution in [0.1, 0.15) is 71.4 Å². The summed E-state index contributed by atoms with van der Waals surface area (Å²) in [5.74, 6) is 1.70. The third kappa shape index (κ3) is 3.04. The molecule has 0 amide bonds. The van der Waals surface area contributed by atoms with Gasteiger partial charge in [-0.25, -0.2) is 4.57 Å². The molecule has 2 atom stereocenters. The summed E-state index contributed by atoms with van der Waals surface area (Å²) in [7, 11) is 0. The van der Waals surface area contributed by atoms with E-state index in [9.17, 15) is 0 Å². The van der Waals surface area contributed by atoms with Crippen LogP contribution in [0.5, 0.6) is 0 Å². The lowest BCUT2D eigenvalue weighted by molar-refractivity contribution is -0.764. The Morgan fingerprint density at radius 3 is 2.15 bits per heavy atom. The molecule has 0 N–H and O–H groups in total. The molecule has 2 unspecified atom stereocenters. The topological polar surface area (TPSA) is 8.81 Å². The molecule has 1 aliphatic rings. The average Bonchev–Trinajstić information content (AvgIpc) is 3.33. The van der Waals surface area contributed by atoms with E-state index < -0.39 is 0 Å². The molecule has 0 saturated heterocycles. The molecule has 174 valence electrons. The number of rotatable bonds is 5. The van der Waals surface area contributed by atoms with Gasteiger partial charge in [0.25, 0.3) is 5.82 Å². The van der Waals surface area contributed by atoms with Crippen LogP contribution in [0.3, 0.4) is 0 Å². The van der Waals surface area contributed by atoms with Crippen molar-refractivity contribution in [1.29, 1.82) is 0 Å². The zero-order chi connectivity index (χ0) is 24.1. The Bertz CT molecular complexity index is 1330. The van der Waals surface area contributed by atoms with Gasteiger partial charge in [-0.3, -0.25) is 0 Å². The molecule has 2 heterocycles. The second kappa shape index (κ2) is 8.27. The van der Waals surface area contributed by atoms with Gasteiger partial charge < -0.3 is 0 Å². The first-order valence-electron chi connectivity index (χ1n) is 12.8. The van der Waals surface area contributed by atoms with E-state index in [4.69, 9.17) is 0 Å². The molecule has 2 nitrogen and oxygen atoms in total. The maximum Gasteiger partial charge on any atom is 0.294 e. The Hall–Kier alpha value is -3.13. The summed E-state index contributed by atoms with van der Waals surface area (Å²) >= 11 is 0. The summed E-state index contributed by atoms with van der Waals surface area (Å²) in [4.78, 5) is 0. The number of hydrogen-bond donors (Lipinski definition) is 0. The minimum Gasteiger partial charge on any atom is -0.224 e. The van der Waals surface area contributed by atoms with E-state index in [1.54, 1.807) is 0 Å². The largest absolute Gasteiger partial charge is 0.294 e. The summed E-state index contributed by atoms with van der Waals surface area (Å²) in [6.45, 7) is 14.2. The molecule has 3 aromatic carbocycles. The highest BCUT2D eigenvalue weighted by atomic mass is 15.2. The lowest BCUT2D eigenvalue weighted by atomic mass is 9.61. The van der Waals surface area contributed by atoms with Crippen LogP contribution >= 0.6 is 0 Å². The van der Waals surface area contributed by atoms with Crippen LogP contribution in [0.4, 0.5) is 0 Å². The van der Waals surface area contributed by atoms with Crippen molar-refractivity contribution in [2.75, 3.05) is 0 Å². The third-order valence-corrected chi connectivity index (χ3v) is 8.71. The predicted octanol–water partition coefficient (Wildman–Crippen LogP) is 8.03. The molecule has 34 heavy (non-hydrogen) atoms. The van der Waals surface area contributed by atoms with Crippen LogP contribution < -0.4 is 4.57 Å². The van der Waals surface area contributed by atoms with Crippen molar-refractivity contribution < 1.29 is 4.57 Å². The SMILES string of the molecule is CCC1(C)c2ccccc2-c2n(-c3c(-c4ccccc4)cccc3C(C)C)cc[n+]2C1(C)CC. The van der Waals surface area contributed by atoms with E-state index >= 15 is 0 Å². The maximum atomic E-state index is 2.57. The standard InChI is InChI=1S/C32H37N2/c1-7-31(5)28-20-13-12-17-27(28)30-33(21-22-34(30)32(31,6)8-2)29-25(23(3)4)18-14-19-26(29)24-15-10-9-11-16-24/h9-23H,7-8H2,1-6H3/q+1. The summed E-state index contributed by atoms with van der Waals surface area (Å²) in [6.07, 6.45) is 6.80. The van der Waals surface area contributed by atoms with Gasteiger partial charge in [-0.1, -0.05) is 101 Å². The fraction of sp³-hybridized carbons (Fsp3) is 0.344. The lowest BCUT2D eigenvalue weighted by Crippen LogP contribution is -2.67. The van der Waals surface area contributed by atoms with Crippen molar-refractivity contribution >= 4 is 0 Å². The molecule has 5 rings (SSSR count). The van der Waals surface area contributed by atoms with Crippen molar-refractivity contribution in [2.45, 2.75) is 71.3 Å². The number of aromatic nitrogens is 2. The minimum atomic E-state index is -0.0175. The van der Waals surface area contributed by atoms with E-state index in [0.29, 0.717) is 5.92 Å². The van der Waals surface area contributed by atoms with Gasteiger partial charge in [-0.15, -0.1) is 0 Å². The van der Waals surface area contributed by atoms with Crippen LogP contribution in [-0.4, -0.2) is 4.57 Å². The summed E-state index contributed by atoms with van der Waals surface area (Å²) < 4.78 is 5.05. The summed E-state index contributed by atoms with van der Waals surface area (Å²) in [5, 5.41) is 0. The fourth-order valence-electron chi connectivity index (χ4n) is 6.22. The van der Waals surface area contributed by atoms with Gasteiger partial charge in [-0.2, -0.15) is 4.57 Å². The molecular weight excluding hydrogens is 412 g/mol. The second-order valence-electron chi connectivity index (χ2n) is 10.5. The molecule has 0 aliphatic carbocycles. The maximum absolute atomic E-state index is 2.57. The van der Waals surface area contributed by atoms with Gasteiger partial charge in [0.15, 0.2) is 0 Å². The van der Waals surface area contributed by atoms with Crippen LogP contribution in [0.2, 0.25) is 0 Å². The Morgan fingerprint density at radius 1 is 0.794 bits per heavy atom. The molecule has 2 heteroatoms. The van der Waals surface area contributed by atoms with Crippen molar-refractivity contribution in [2.24, 2.45) is 0 Å². The third-order valence-electron chi connectivity index (χ3n) is 8.71. The number of nitrogens with zero attached hydrogens (tertiary/aromatic N) is 2. The van der Waals surface area contributed by atoms with Crippen LogP contribution in [0, 0.1) is 0 Å². The van der Waals surface area contributed by atoms with Gasteiger partial charge >= 0.3 is 0 Å². The molecule has 4 aromatic rings. The number of fused-ring (bicyclic) bond motifs is 3. The van der Waals surface area contributed by atoms with Crippen LogP contribution in [-0.2, 0) is 11.0 Å². The van der Waals surface area contributed by atoms with Crippen molar-refractivity contribution in [3.63, 3.8) is 0 Å². The summed E-state index contributed by atoms with van der Waals surface area (Å²) in [6, 6.07) is 26.7. The fourth-order valence-corrected chi connectivity index (χ4v) is 6.22. The lowest BCUT2D eigenvalue weighted by Gasteiger charge is -2.47.